The van der Waals surface area contributed by atoms with Crippen LogP contribution in [0.15, 0.2) is 36.5 Å². The van der Waals surface area contributed by atoms with Crippen molar-refractivity contribution in [3.8, 4) is 0 Å². The fourth-order valence-electron chi connectivity index (χ4n) is 11.7. The standard InChI is InChI=1S/C30H58N4O7Si2.C15H33ClN2O3Si2.C14H30Cl2N2O3Si2.C10H28N2OSi2.C8H15NO2.C2H2Cl2O.8CH4.2ClH/c1-25(2)29(37)39-19-17-33(5,6)23-27(35)31-15-13-21-42(9,10)41-43(11,12)22-14-16-32-28(36)24-34(7,8)18-20-40-30(38)26(3)4;1-6-14(19)17-9-7-11-22(2,3)21-23(4,5)12-8-10-18-15(20)13-16;1-22(2,9-5-7-17-13(19)11-15)21-23(3,4)10-6-8-18-14(20)12-16;1-14(2,9-5-7-11)13-15(3,4)10-6-8-12;1-7(2)8(10)11-6-5-9(3)4;3-1-2(4)5;;;;;;;;;;/h1,3,13-24H2,2,4-12H3;6-13H2,1-5H3,(H,17,19)(H,18,20);5-12H2,1-4H3,(H,17,19)(H,18,20);5-12H2,1-4H3;1,5-6H2,2-4H3;1H2;8*1H4;2*1H. The highest BCUT2D eigenvalue weighted by molar-refractivity contribution is 6.87. The van der Waals surface area contributed by atoms with E-state index in [9.17, 15) is 47.9 Å². The molecule has 0 radical (unpaired) electrons. The number of halogens is 7. The molecule has 0 unspecified atom stereocenters. The molecule has 0 fully saturated rings. The minimum Gasteiger partial charge on any atom is -1.00 e. The number of ether oxygens (including phenoxy) is 3. The fourth-order valence-corrected chi connectivity index (χ4v) is 47.4. The van der Waals surface area contributed by atoms with E-state index in [4.69, 9.17) is 100 Å². The zero-order chi connectivity index (χ0) is 94.4. The second-order valence-electron chi connectivity index (χ2n) is 36.4. The molecule has 0 saturated carbocycles. The van der Waals surface area contributed by atoms with Crippen LogP contribution in [0.1, 0.15) is 145 Å². The summed E-state index contributed by atoms with van der Waals surface area (Å²) in [5.41, 5.74) is 12.3. The van der Waals surface area contributed by atoms with Crippen molar-refractivity contribution in [2.45, 2.75) is 298 Å². The van der Waals surface area contributed by atoms with Gasteiger partial charge >= 0.3 is 17.9 Å². The maximum atomic E-state index is 12.5. The zero-order valence-electron chi connectivity index (χ0n) is 79.9. The van der Waals surface area contributed by atoms with Gasteiger partial charge < -0.3 is 113 Å². The molecule has 0 heterocycles. The quantitative estimate of drug-likeness (QED) is 0.00410. The predicted octanol–water partition coefficient (Wildman–Crippen LogP) is 11.7. The summed E-state index contributed by atoms with van der Waals surface area (Å²) in [7, 11) is -2.10. The van der Waals surface area contributed by atoms with Gasteiger partial charge in [0, 0.05) is 69.0 Å². The Kier molecular flexibility index (Phi) is 113. The molecular weight excluding hydrogens is 1940 g/mol. The van der Waals surface area contributed by atoms with Gasteiger partial charge in [0.15, 0.2) is 79.6 Å². The van der Waals surface area contributed by atoms with E-state index in [1.54, 1.807) is 20.8 Å². The van der Waals surface area contributed by atoms with Gasteiger partial charge in [-0.05, 0) is 264 Å². The number of esters is 3. The van der Waals surface area contributed by atoms with Crippen molar-refractivity contribution in [2.75, 3.05) is 171 Å². The van der Waals surface area contributed by atoms with Crippen LogP contribution >= 0.6 is 58.0 Å². The highest BCUT2D eigenvalue weighted by Gasteiger charge is 2.36. The normalized spacial score (nSPS) is 11.0. The third kappa shape index (κ3) is 113. The Morgan fingerprint density at radius 2 is 0.523 bits per heavy atom. The Hall–Kier alpha value is -2.47. The number of quaternary nitrogens is 2. The summed E-state index contributed by atoms with van der Waals surface area (Å²) >= 11 is 25.9. The van der Waals surface area contributed by atoms with E-state index in [1.807, 2.05) is 54.1 Å². The van der Waals surface area contributed by atoms with Crippen LogP contribution < -0.4 is 68.2 Å². The topological polar surface area (TPSA) is 363 Å². The van der Waals surface area contributed by atoms with Crippen molar-refractivity contribution in [2.24, 2.45) is 11.5 Å². The second-order valence-corrected chi connectivity index (χ2v) is 73.3. The Balaban J connectivity index is -0.0000000922. The van der Waals surface area contributed by atoms with Gasteiger partial charge in [0.25, 0.3) is 11.8 Å². The third-order valence-electron chi connectivity index (χ3n) is 17.5. The van der Waals surface area contributed by atoms with Crippen LogP contribution in [0.3, 0.4) is 0 Å². The van der Waals surface area contributed by atoms with Gasteiger partial charge in [0.1, 0.15) is 50.6 Å². The summed E-state index contributed by atoms with van der Waals surface area (Å²) in [5.74, 6) is -1.50. The van der Waals surface area contributed by atoms with E-state index in [1.165, 1.54) is 12.1 Å². The average molecular weight is 2150 g/mol. The first kappa shape index (κ1) is 164. The number of hydrogen-bond donors (Lipinski definition) is 8. The number of hydrogen-bond acceptors (Lipinski definition) is 20. The van der Waals surface area contributed by atoms with Gasteiger partial charge in [-0.2, -0.15) is 0 Å². The molecule has 0 aromatic heterocycles. The van der Waals surface area contributed by atoms with Crippen LogP contribution in [0.5, 0.6) is 0 Å². The highest BCUT2D eigenvalue weighted by atomic mass is 35.5. The summed E-state index contributed by atoms with van der Waals surface area (Å²) in [5, 5.41) is 16.8. The van der Waals surface area contributed by atoms with Crippen LogP contribution in [0.25, 0.3) is 0 Å². The van der Waals surface area contributed by atoms with Gasteiger partial charge in [-0.1, -0.05) is 86.1 Å². The van der Waals surface area contributed by atoms with E-state index in [2.05, 4.69) is 156 Å². The first-order chi connectivity index (χ1) is 54.9. The van der Waals surface area contributed by atoms with E-state index < -0.39 is 83.7 Å². The van der Waals surface area contributed by atoms with Gasteiger partial charge in [-0.15, -0.1) is 46.4 Å². The molecule has 0 spiro atoms. The van der Waals surface area contributed by atoms with E-state index in [-0.39, 0.29) is 162 Å². The first-order valence-electron chi connectivity index (χ1n) is 41.9. The van der Waals surface area contributed by atoms with Crippen LogP contribution in [-0.4, -0.2) is 310 Å². The summed E-state index contributed by atoms with van der Waals surface area (Å²) in [6, 6.07) is 8.36. The van der Waals surface area contributed by atoms with Gasteiger partial charge in [0.05, 0.1) is 34.1 Å². The molecule has 0 bridgehead atoms. The lowest BCUT2D eigenvalue weighted by molar-refractivity contribution is -0.882. The lowest BCUT2D eigenvalue weighted by atomic mass is 10.3. The van der Waals surface area contributed by atoms with Crippen molar-refractivity contribution < 1.29 is 112 Å². The summed E-state index contributed by atoms with van der Waals surface area (Å²) in [6.45, 7) is 62.1. The number of rotatable bonds is 59. The summed E-state index contributed by atoms with van der Waals surface area (Å²) < 4.78 is 42.1. The Labute approximate surface area is 842 Å². The number of nitrogens with two attached hydrogens (primary N) is 2. The summed E-state index contributed by atoms with van der Waals surface area (Å²) in [4.78, 5) is 115. The third-order valence-corrected chi connectivity index (χ3v) is 48.8. The summed E-state index contributed by atoms with van der Waals surface area (Å²) in [6.07, 6.45) is 8.18. The molecule has 0 aromatic rings. The van der Waals surface area contributed by atoms with Crippen molar-refractivity contribution in [1.29, 1.82) is 0 Å². The van der Waals surface area contributed by atoms with Gasteiger partial charge in [-0.3, -0.25) is 33.6 Å². The molecule has 0 saturated heterocycles. The number of nitrogens with one attached hydrogen (secondary N) is 6. The molecular formula is C87H200Cl7N11O17Si8. The Bertz CT molecular complexity index is 2770. The van der Waals surface area contributed by atoms with E-state index in [0.717, 1.165) is 114 Å². The molecule has 0 aromatic carbocycles. The van der Waals surface area contributed by atoms with Crippen molar-refractivity contribution in [1.82, 2.24) is 36.8 Å². The minimum atomic E-state index is -1.92. The smallest absolute Gasteiger partial charge is 0.333 e. The van der Waals surface area contributed by atoms with Gasteiger partial charge in [-0.25, -0.2) is 14.4 Å². The minimum absolute atomic E-state index is 0. The zero-order valence-corrected chi connectivity index (χ0v) is 93.2. The number of carbonyl (C=O) groups excluding carboxylic acids is 10. The maximum Gasteiger partial charge on any atom is 0.333 e. The number of nitrogens with zero attached hydrogens (tertiary/aromatic N) is 3. The molecule has 0 aliphatic carbocycles. The molecule has 130 heavy (non-hydrogen) atoms. The van der Waals surface area contributed by atoms with Crippen molar-refractivity contribution in [3.05, 3.63) is 36.5 Å². The predicted molar refractivity (Wildman–Crippen MR) is 573 cm³/mol. The second kappa shape index (κ2) is 89.2. The maximum absolute atomic E-state index is 12.5. The van der Waals surface area contributed by atoms with Crippen molar-refractivity contribution >= 4 is 183 Å². The SMILES string of the molecule is C.C.C.C.C.C.C.C.C=C(C)C(=O)OCCN(C)C.C=C(C)C(=O)OCC[N+](C)(C)CC(=O)NCCC[Si](C)(C)O[Si](C)(C)CCCNC(=O)C[N+](C)(C)CCOC(=O)C(=C)C.CCC(=O)NCCC[Si](C)(C)O[Si](C)(C)CCCNC(=O)CCl.C[Si](C)(CCCN)O[Si](C)(C)CCCN.C[Si](C)(CCCNC(=O)CCl)O[Si](C)(C)CCCNC(=O)CCl.O=C(Cl)CCl.[Cl-].[Cl-]. The number of carbonyl (C=O) groups is 10. The Morgan fingerprint density at radius 3 is 0.692 bits per heavy atom. The van der Waals surface area contributed by atoms with Crippen LogP contribution in [0.2, 0.25) is 153 Å². The number of likely N-dealkylation sites (N-methyl/N-ethyl adjacent to an activating group) is 3. The molecule has 0 atom stereocenters. The van der Waals surface area contributed by atoms with Crippen molar-refractivity contribution in [3.63, 3.8) is 0 Å². The molecule has 0 aliphatic rings. The molecule has 6 amide bonds. The van der Waals surface area contributed by atoms with Crippen LogP contribution in [0.4, 0.5) is 0 Å². The molecule has 10 N–H and O–H groups in total. The molecule has 786 valence electrons. The average Bonchev–Trinajstić information content (AvgIpc) is 0.922. The van der Waals surface area contributed by atoms with Crippen LogP contribution in [-0.2, 0) is 78.6 Å². The first-order valence-corrected chi connectivity index (χ1v) is 69.4. The number of alkyl halides is 4. The monoisotopic (exact) mass is 2140 g/mol. The fraction of sp³-hybridized carbons (Fsp3) is 0.816. The lowest BCUT2D eigenvalue weighted by Gasteiger charge is -2.34. The molecule has 0 aliphatic heterocycles. The molecule has 43 heteroatoms. The number of amides is 6. The Morgan fingerprint density at radius 1 is 0.338 bits per heavy atom. The van der Waals surface area contributed by atoms with E-state index in [0.29, 0.717) is 97.6 Å². The van der Waals surface area contributed by atoms with Crippen LogP contribution in [0, 0.1) is 0 Å². The highest BCUT2D eigenvalue weighted by Crippen LogP contribution is 2.27. The lowest BCUT2D eigenvalue weighted by Crippen LogP contribution is -3.00. The molecule has 0 rings (SSSR count). The van der Waals surface area contributed by atoms with Gasteiger partial charge in [0.2, 0.25) is 28.9 Å². The molecule has 28 nitrogen and oxygen atoms in total. The largest absolute Gasteiger partial charge is 1.00 e. The van der Waals surface area contributed by atoms with E-state index >= 15 is 0 Å².